The lowest BCUT2D eigenvalue weighted by Gasteiger charge is -2.11. The van der Waals surface area contributed by atoms with Crippen LogP contribution in [0.25, 0.3) is 5.52 Å². The van der Waals surface area contributed by atoms with Crippen LogP contribution < -0.4 is 14.8 Å². The lowest BCUT2D eigenvalue weighted by molar-refractivity contribution is -0.274. The SMILES string of the molecule is O=C(NCCS(=O)(=O)Nc1ccn2nccc2c1)c1cccc(OC(F)(F)F)c1. The lowest BCUT2D eigenvalue weighted by atomic mass is 10.2. The molecule has 0 fully saturated rings. The van der Waals surface area contributed by atoms with E-state index >= 15 is 0 Å². The number of sulfonamides is 1. The Balaban J connectivity index is 1.55. The van der Waals surface area contributed by atoms with E-state index in [0.29, 0.717) is 11.2 Å². The quantitative estimate of drug-likeness (QED) is 0.602. The van der Waals surface area contributed by atoms with Gasteiger partial charge in [0.25, 0.3) is 5.91 Å². The first-order valence-corrected chi connectivity index (χ1v) is 9.84. The number of nitrogens with one attached hydrogen (secondary N) is 2. The third-order valence-electron chi connectivity index (χ3n) is 3.66. The summed E-state index contributed by atoms with van der Waals surface area (Å²) in [6.07, 6.45) is -1.72. The molecule has 0 atom stereocenters. The largest absolute Gasteiger partial charge is 0.573 e. The number of pyridine rings is 1. The molecule has 0 radical (unpaired) electrons. The van der Waals surface area contributed by atoms with Crippen LogP contribution in [-0.4, -0.2) is 42.6 Å². The van der Waals surface area contributed by atoms with Crippen molar-refractivity contribution in [2.24, 2.45) is 0 Å². The van der Waals surface area contributed by atoms with Gasteiger partial charge in [-0.3, -0.25) is 9.52 Å². The highest BCUT2D eigenvalue weighted by atomic mass is 32.2. The summed E-state index contributed by atoms with van der Waals surface area (Å²) in [4.78, 5) is 12.1. The second kappa shape index (κ2) is 7.99. The summed E-state index contributed by atoms with van der Waals surface area (Å²) in [7, 11) is -3.76. The first kappa shape index (κ1) is 20.5. The van der Waals surface area contributed by atoms with Gasteiger partial charge in [-0.2, -0.15) is 5.10 Å². The van der Waals surface area contributed by atoms with E-state index in [-0.39, 0.29) is 12.1 Å². The van der Waals surface area contributed by atoms with Gasteiger partial charge in [-0.15, -0.1) is 13.2 Å². The summed E-state index contributed by atoms with van der Waals surface area (Å²) < 4.78 is 68.8. The van der Waals surface area contributed by atoms with Gasteiger partial charge in [0.15, 0.2) is 0 Å². The van der Waals surface area contributed by atoms with Crippen LogP contribution in [0.5, 0.6) is 5.75 Å². The molecule has 29 heavy (non-hydrogen) atoms. The van der Waals surface area contributed by atoms with E-state index in [1.807, 2.05) is 0 Å². The number of anilines is 1. The molecule has 0 saturated carbocycles. The normalized spacial score (nSPS) is 12.0. The molecule has 8 nitrogen and oxygen atoms in total. The maximum atomic E-state index is 12.3. The molecular formula is C17H15F3N4O4S. The molecule has 0 spiro atoms. The Bertz CT molecular complexity index is 1130. The van der Waals surface area contributed by atoms with Crippen molar-refractivity contribution in [1.29, 1.82) is 0 Å². The topological polar surface area (TPSA) is 102 Å². The molecule has 1 amide bonds. The number of hydrogen-bond acceptors (Lipinski definition) is 5. The zero-order valence-corrected chi connectivity index (χ0v) is 15.5. The minimum atomic E-state index is -4.88. The number of hydrogen-bond donors (Lipinski definition) is 2. The average Bonchev–Trinajstić information content (AvgIpc) is 3.07. The van der Waals surface area contributed by atoms with E-state index in [1.54, 1.807) is 29.0 Å². The first-order valence-electron chi connectivity index (χ1n) is 8.19. The number of halogens is 3. The Hall–Kier alpha value is -3.28. The second-order valence-corrected chi connectivity index (χ2v) is 7.71. The number of aromatic nitrogens is 2. The standard InChI is InChI=1S/C17H15F3N4O4S/c18-17(19,20)28-15-3-1-2-12(10-15)16(25)21-7-9-29(26,27)23-13-5-8-24-14(11-13)4-6-22-24/h1-6,8,10-11,23H,7,9H2,(H,21,25). The number of carbonyl (C=O) groups is 1. The minimum Gasteiger partial charge on any atom is -0.406 e. The van der Waals surface area contributed by atoms with Gasteiger partial charge in [0.05, 0.1) is 17.0 Å². The Kier molecular flexibility index (Phi) is 5.64. The number of ether oxygens (including phenoxy) is 1. The molecule has 1 aromatic carbocycles. The van der Waals surface area contributed by atoms with Crippen LogP contribution in [0, 0.1) is 0 Å². The number of alkyl halides is 3. The predicted molar refractivity (Wildman–Crippen MR) is 98.1 cm³/mol. The maximum absolute atomic E-state index is 12.3. The third-order valence-corrected chi connectivity index (χ3v) is 4.95. The zero-order valence-electron chi connectivity index (χ0n) is 14.7. The van der Waals surface area contributed by atoms with E-state index in [2.05, 4.69) is 19.9 Å². The summed E-state index contributed by atoms with van der Waals surface area (Å²) >= 11 is 0. The molecule has 0 aliphatic heterocycles. The van der Waals surface area contributed by atoms with Gasteiger partial charge in [0.1, 0.15) is 5.75 Å². The summed E-state index contributed by atoms with van der Waals surface area (Å²) in [6, 6.07) is 9.30. The highest BCUT2D eigenvalue weighted by Crippen LogP contribution is 2.23. The fourth-order valence-electron chi connectivity index (χ4n) is 2.45. The lowest BCUT2D eigenvalue weighted by Crippen LogP contribution is -2.31. The Labute approximate surface area is 163 Å². The van der Waals surface area contributed by atoms with Crippen LogP contribution in [0.15, 0.2) is 54.9 Å². The third kappa shape index (κ3) is 5.85. The minimum absolute atomic E-state index is 0.0942. The molecule has 3 rings (SSSR count). The Morgan fingerprint density at radius 3 is 2.72 bits per heavy atom. The summed E-state index contributed by atoms with van der Waals surface area (Å²) in [5.74, 6) is -1.70. The number of rotatable bonds is 7. The van der Waals surface area contributed by atoms with Crippen molar-refractivity contribution in [3.05, 3.63) is 60.4 Å². The van der Waals surface area contributed by atoms with E-state index in [1.165, 1.54) is 18.2 Å². The average molecular weight is 428 g/mol. The van der Waals surface area contributed by atoms with E-state index in [0.717, 1.165) is 12.1 Å². The summed E-state index contributed by atoms with van der Waals surface area (Å²) in [6.45, 7) is -0.243. The number of carbonyl (C=O) groups excluding carboxylic acids is 1. The van der Waals surface area contributed by atoms with Crippen LogP contribution in [0.2, 0.25) is 0 Å². The first-order chi connectivity index (χ1) is 13.6. The highest BCUT2D eigenvalue weighted by molar-refractivity contribution is 7.92. The van der Waals surface area contributed by atoms with Crippen molar-refractivity contribution >= 4 is 27.1 Å². The second-order valence-electron chi connectivity index (χ2n) is 5.87. The molecule has 2 aromatic heterocycles. The molecule has 2 N–H and O–H groups in total. The number of benzene rings is 1. The van der Waals surface area contributed by atoms with Crippen molar-refractivity contribution in [2.45, 2.75) is 6.36 Å². The van der Waals surface area contributed by atoms with E-state index in [4.69, 9.17) is 0 Å². The van der Waals surface area contributed by atoms with Crippen LogP contribution in [0.1, 0.15) is 10.4 Å². The van der Waals surface area contributed by atoms with Gasteiger partial charge in [-0.25, -0.2) is 12.9 Å². The Morgan fingerprint density at radius 1 is 1.17 bits per heavy atom. The van der Waals surface area contributed by atoms with Crippen LogP contribution >= 0.6 is 0 Å². The van der Waals surface area contributed by atoms with Gasteiger partial charge in [0.2, 0.25) is 10.0 Å². The highest BCUT2D eigenvalue weighted by Gasteiger charge is 2.31. The van der Waals surface area contributed by atoms with E-state index in [9.17, 15) is 26.4 Å². The van der Waals surface area contributed by atoms with Crippen LogP contribution in [0.4, 0.5) is 18.9 Å². The number of amides is 1. The fraction of sp³-hybridized carbons (Fsp3) is 0.176. The van der Waals surface area contributed by atoms with Gasteiger partial charge in [-0.1, -0.05) is 6.07 Å². The van der Waals surface area contributed by atoms with Gasteiger partial charge < -0.3 is 10.1 Å². The Morgan fingerprint density at radius 2 is 1.97 bits per heavy atom. The van der Waals surface area contributed by atoms with Crippen molar-refractivity contribution in [3.8, 4) is 5.75 Å². The summed E-state index contributed by atoms with van der Waals surface area (Å²) in [5.41, 5.74) is 0.934. The molecule has 154 valence electrons. The fourth-order valence-corrected chi connectivity index (χ4v) is 3.41. The van der Waals surface area contributed by atoms with E-state index < -0.39 is 33.8 Å². The van der Waals surface area contributed by atoms with Crippen molar-refractivity contribution in [1.82, 2.24) is 14.9 Å². The monoisotopic (exact) mass is 428 g/mol. The molecule has 0 aliphatic rings. The maximum Gasteiger partial charge on any atom is 0.573 e. The molecule has 12 heteroatoms. The van der Waals surface area contributed by atoms with Gasteiger partial charge in [0, 0.05) is 24.5 Å². The molecule has 3 aromatic rings. The molecular weight excluding hydrogens is 413 g/mol. The zero-order chi connectivity index (χ0) is 21.1. The van der Waals surface area contributed by atoms with Gasteiger partial charge >= 0.3 is 6.36 Å². The van der Waals surface area contributed by atoms with Crippen molar-refractivity contribution in [3.63, 3.8) is 0 Å². The molecule has 0 unspecified atom stereocenters. The predicted octanol–water partition coefficient (Wildman–Crippen LogP) is 2.40. The molecule has 0 saturated heterocycles. The van der Waals surface area contributed by atoms with Crippen LogP contribution in [-0.2, 0) is 10.0 Å². The molecule has 0 aliphatic carbocycles. The number of fused-ring (bicyclic) bond motifs is 1. The molecule has 0 bridgehead atoms. The number of nitrogens with zero attached hydrogens (tertiary/aromatic N) is 2. The van der Waals surface area contributed by atoms with Crippen molar-refractivity contribution in [2.75, 3.05) is 17.0 Å². The van der Waals surface area contributed by atoms with Crippen molar-refractivity contribution < 1.29 is 31.1 Å². The summed E-state index contributed by atoms with van der Waals surface area (Å²) in [5, 5.41) is 6.35. The van der Waals surface area contributed by atoms with Gasteiger partial charge in [-0.05, 0) is 36.4 Å². The van der Waals surface area contributed by atoms with Crippen LogP contribution in [0.3, 0.4) is 0 Å². The smallest absolute Gasteiger partial charge is 0.406 e. The molecule has 2 heterocycles.